The lowest BCUT2D eigenvalue weighted by molar-refractivity contribution is -0.218. The summed E-state index contributed by atoms with van der Waals surface area (Å²) in [5.74, 6) is -2.08. The molecule has 4 heterocycles. The van der Waals surface area contributed by atoms with Gasteiger partial charge in [0, 0.05) is 28.7 Å². The zero-order valence-electron chi connectivity index (χ0n) is 20.4. The number of carboxylic acid groups (broad SMARTS) is 1. The molecule has 3 saturated heterocycles. The molecule has 2 N–H and O–H groups in total. The van der Waals surface area contributed by atoms with E-state index in [0.29, 0.717) is 18.4 Å². The van der Waals surface area contributed by atoms with Crippen molar-refractivity contribution in [1.82, 2.24) is 0 Å². The highest BCUT2D eigenvalue weighted by atomic mass is 16.6. The third-order valence-electron chi connectivity index (χ3n) is 10.6. The summed E-state index contributed by atoms with van der Waals surface area (Å²) >= 11 is 0. The van der Waals surface area contributed by atoms with Crippen molar-refractivity contribution in [2.75, 3.05) is 6.61 Å². The minimum absolute atomic E-state index is 0.0820. The Bertz CT molecular complexity index is 1110. The summed E-state index contributed by atoms with van der Waals surface area (Å²) in [6.07, 6.45) is 1.37. The molecule has 1 aromatic heterocycles. The van der Waals surface area contributed by atoms with E-state index in [1.165, 1.54) is 12.5 Å². The Labute approximate surface area is 203 Å². The van der Waals surface area contributed by atoms with Crippen molar-refractivity contribution in [3.8, 4) is 0 Å². The fourth-order valence-corrected chi connectivity index (χ4v) is 8.99. The number of esters is 1. The average molecular weight is 489 g/mol. The molecule has 5 aliphatic rings. The molecule has 9 atom stereocenters. The number of aliphatic hydroxyl groups excluding tert-OH is 1. The fraction of sp³-hybridized carbons (Fsp3) is 0.731. The van der Waals surface area contributed by atoms with Crippen LogP contribution >= 0.6 is 0 Å². The van der Waals surface area contributed by atoms with Gasteiger partial charge in [0.15, 0.2) is 6.10 Å². The van der Waals surface area contributed by atoms with Crippen LogP contribution in [0, 0.1) is 28.1 Å². The van der Waals surface area contributed by atoms with E-state index in [2.05, 4.69) is 0 Å². The first kappa shape index (κ1) is 23.2. The quantitative estimate of drug-likeness (QED) is 0.486. The largest absolute Gasteiger partial charge is 0.479 e. The monoisotopic (exact) mass is 488 g/mol. The van der Waals surface area contributed by atoms with Gasteiger partial charge >= 0.3 is 11.9 Å². The number of ether oxygens (including phenoxy) is 3. The predicted molar refractivity (Wildman–Crippen MR) is 118 cm³/mol. The Kier molecular flexibility index (Phi) is 4.47. The molecule has 1 aromatic rings. The highest BCUT2D eigenvalue weighted by Gasteiger charge is 2.87. The number of carbonyl (C=O) groups is 3. The second kappa shape index (κ2) is 6.75. The number of hydrogen-bond donors (Lipinski definition) is 2. The number of carboxylic acids is 1. The standard InChI is InChI=1S/C26H32O9/c1-22(2)15-9-16(27)24(4)14(25(15)12-33-18(28)10-17(25)34-22)5-7-23(3,19(29)13-6-8-32-11-13)26(24)20(35-26)21(30)31/h6,8,11,14-15,17,19-20,29H,5,7,9-10,12H2,1-4H3,(H,30,31)/t14-,15-,17+,19+,20-,23-,24-,25-,26-/m1/s1. The highest BCUT2D eigenvalue weighted by Crippen LogP contribution is 2.78. The van der Waals surface area contributed by atoms with Crippen LogP contribution in [0.2, 0.25) is 0 Å². The summed E-state index contributed by atoms with van der Waals surface area (Å²) in [6, 6.07) is 1.65. The van der Waals surface area contributed by atoms with E-state index in [1.807, 2.05) is 27.7 Å². The molecular weight excluding hydrogens is 456 g/mol. The molecule has 0 bridgehead atoms. The Morgan fingerprint density at radius 3 is 2.49 bits per heavy atom. The minimum Gasteiger partial charge on any atom is -0.479 e. The molecule has 0 unspecified atom stereocenters. The number of furan rings is 1. The second-order valence-electron chi connectivity index (χ2n) is 12.1. The van der Waals surface area contributed by atoms with Crippen LogP contribution in [0.4, 0.5) is 0 Å². The van der Waals surface area contributed by atoms with Crippen LogP contribution in [0.3, 0.4) is 0 Å². The number of fused-ring (bicyclic) bond motifs is 2. The maximum Gasteiger partial charge on any atom is 0.335 e. The van der Waals surface area contributed by atoms with Gasteiger partial charge in [-0.15, -0.1) is 0 Å². The van der Waals surface area contributed by atoms with E-state index in [4.69, 9.17) is 18.6 Å². The Morgan fingerprint density at radius 1 is 1.11 bits per heavy atom. The number of cyclic esters (lactones) is 1. The lowest BCUT2D eigenvalue weighted by atomic mass is 9.37. The molecule has 0 radical (unpaired) electrons. The van der Waals surface area contributed by atoms with Gasteiger partial charge in [0.2, 0.25) is 0 Å². The van der Waals surface area contributed by atoms with Gasteiger partial charge in [-0.25, -0.2) is 4.79 Å². The van der Waals surface area contributed by atoms with Crippen LogP contribution in [0.1, 0.15) is 65.0 Å². The summed E-state index contributed by atoms with van der Waals surface area (Å²) in [6.45, 7) is 7.67. The van der Waals surface area contributed by atoms with Crippen molar-refractivity contribution in [2.45, 2.75) is 82.9 Å². The van der Waals surface area contributed by atoms with Crippen LogP contribution < -0.4 is 0 Å². The maximum absolute atomic E-state index is 14.2. The summed E-state index contributed by atoms with van der Waals surface area (Å²) in [5.41, 5.74) is -4.49. The number of ketones is 1. The predicted octanol–water partition coefficient (Wildman–Crippen LogP) is 2.66. The molecule has 2 aliphatic carbocycles. The number of Topliss-reactive ketones (excluding diaryl/α,β-unsaturated/α-hetero) is 1. The Hall–Kier alpha value is -2.23. The molecule has 2 saturated carbocycles. The van der Waals surface area contributed by atoms with Crippen LogP contribution in [0.25, 0.3) is 0 Å². The summed E-state index contributed by atoms with van der Waals surface area (Å²) in [5, 5.41) is 21.7. The SMILES string of the molecule is CC1(C)O[C@H]2CC(=O)OC[C@@]23[C@@H]1CC(=O)[C@@]1(C)[C@H]3CC[C@](C)([C@@H](O)c2ccoc2)[C@@]12O[C@@H]2C(=O)O. The fourth-order valence-electron chi connectivity index (χ4n) is 8.99. The average Bonchev–Trinajstić information content (AvgIpc) is 3.25. The number of epoxide rings is 1. The van der Waals surface area contributed by atoms with Gasteiger partial charge in [0.1, 0.15) is 18.0 Å². The number of rotatable bonds is 3. The summed E-state index contributed by atoms with van der Waals surface area (Å²) in [4.78, 5) is 38.9. The van der Waals surface area contributed by atoms with Crippen LogP contribution in [0.5, 0.6) is 0 Å². The number of carbonyl (C=O) groups excluding carboxylic acids is 2. The van der Waals surface area contributed by atoms with Gasteiger partial charge in [-0.3, -0.25) is 9.59 Å². The zero-order chi connectivity index (χ0) is 25.2. The topological polar surface area (TPSA) is 136 Å². The molecule has 0 aromatic carbocycles. The molecular formula is C26H32O9. The molecule has 5 fully saturated rings. The third kappa shape index (κ3) is 2.47. The van der Waals surface area contributed by atoms with Gasteiger partial charge < -0.3 is 28.8 Å². The van der Waals surface area contributed by atoms with E-state index in [0.717, 1.165) is 0 Å². The van der Waals surface area contributed by atoms with E-state index in [1.54, 1.807) is 6.07 Å². The lowest BCUT2D eigenvalue weighted by Crippen LogP contribution is -2.71. The van der Waals surface area contributed by atoms with Crippen LogP contribution in [0.15, 0.2) is 23.0 Å². The van der Waals surface area contributed by atoms with E-state index >= 15 is 0 Å². The third-order valence-corrected chi connectivity index (χ3v) is 10.6. The normalized spacial score (nSPS) is 48.5. The van der Waals surface area contributed by atoms with Crippen LogP contribution in [-0.4, -0.2) is 58.0 Å². The highest BCUT2D eigenvalue weighted by molar-refractivity contribution is 5.92. The molecule has 0 amide bonds. The molecule has 35 heavy (non-hydrogen) atoms. The first-order valence-corrected chi connectivity index (χ1v) is 12.3. The van der Waals surface area contributed by atoms with E-state index in [9.17, 15) is 24.6 Å². The molecule has 3 aliphatic heterocycles. The van der Waals surface area contributed by atoms with Gasteiger partial charge in [-0.05, 0) is 45.6 Å². The van der Waals surface area contributed by atoms with Gasteiger partial charge in [-0.1, -0.05) is 6.92 Å². The zero-order valence-corrected chi connectivity index (χ0v) is 20.4. The van der Waals surface area contributed by atoms with Crippen LogP contribution in [-0.2, 0) is 28.6 Å². The van der Waals surface area contributed by atoms with E-state index in [-0.39, 0.29) is 43.0 Å². The second-order valence-corrected chi connectivity index (χ2v) is 12.1. The summed E-state index contributed by atoms with van der Waals surface area (Å²) < 4.78 is 23.4. The van der Waals surface area contributed by atoms with Crippen molar-refractivity contribution in [2.24, 2.45) is 28.1 Å². The molecule has 190 valence electrons. The first-order valence-electron chi connectivity index (χ1n) is 12.3. The maximum atomic E-state index is 14.2. The van der Waals surface area contributed by atoms with Crippen molar-refractivity contribution in [1.29, 1.82) is 0 Å². The molecule has 9 heteroatoms. The van der Waals surface area contributed by atoms with Gasteiger partial charge in [0.25, 0.3) is 0 Å². The van der Waals surface area contributed by atoms with Crippen molar-refractivity contribution in [3.63, 3.8) is 0 Å². The molecule has 6 rings (SSSR count). The number of hydrogen-bond acceptors (Lipinski definition) is 8. The Balaban J connectivity index is 1.53. The molecule has 2 spiro atoms. The smallest absolute Gasteiger partial charge is 0.335 e. The van der Waals surface area contributed by atoms with Crippen molar-refractivity contribution in [3.05, 3.63) is 24.2 Å². The Morgan fingerprint density at radius 2 is 1.86 bits per heavy atom. The first-order chi connectivity index (χ1) is 16.4. The van der Waals surface area contributed by atoms with Gasteiger partial charge in [0.05, 0.1) is 42.2 Å². The number of aliphatic hydroxyl groups is 1. The lowest BCUT2D eigenvalue weighted by Gasteiger charge is -2.64. The number of aliphatic carboxylic acids is 1. The van der Waals surface area contributed by atoms with Crippen molar-refractivity contribution >= 4 is 17.7 Å². The summed E-state index contributed by atoms with van der Waals surface area (Å²) in [7, 11) is 0. The minimum atomic E-state index is -1.43. The molecule has 9 nitrogen and oxygen atoms in total. The van der Waals surface area contributed by atoms with Gasteiger partial charge in [-0.2, -0.15) is 0 Å². The van der Waals surface area contributed by atoms with Crippen molar-refractivity contribution < 1.29 is 43.2 Å². The van der Waals surface area contributed by atoms with E-state index < -0.39 is 51.7 Å².